The second-order valence-electron chi connectivity index (χ2n) is 4.28. The largest absolute Gasteiger partial charge is 0.385 e. The molecule has 0 unspecified atom stereocenters. The van der Waals surface area contributed by atoms with E-state index in [1.807, 2.05) is 0 Å². The quantitative estimate of drug-likeness (QED) is 0.713. The van der Waals surface area contributed by atoms with Crippen molar-refractivity contribution >= 4 is 17.8 Å². The number of ether oxygens (including phenoxy) is 1. The van der Waals surface area contributed by atoms with Gasteiger partial charge >= 0.3 is 0 Å². The number of aromatic nitrogens is 3. The van der Waals surface area contributed by atoms with E-state index in [1.165, 1.54) is 12.8 Å². The van der Waals surface area contributed by atoms with Gasteiger partial charge in [0.1, 0.15) is 0 Å². The number of rotatable bonds is 6. The number of anilines is 3. The van der Waals surface area contributed by atoms with Gasteiger partial charge in [0, 0.05) is 33.4 Å². The molecule has 3 N–H and O–H groups in total. The predicted octanol–water partition coefficient (Wildman–Crippen LogP) is 0.502. The lowest BCUT2D eigenvalue weighted by molar-refractivity contribution is 0.197. The first-order chi connectivity index (χ1) is 8.79. The molecule has 2 heterocycles. The van der Waals surface area contributed by atoms with Gasteiger partial charge in [0.2, 0.25) is 17.8 Å². The molecular weight excluding hydrogens is 232 g/mol. The third-order valence-corrected chi connectivity index (χ3v) is 2.84. The SMILES string of the molecule is COCCCNc1nc(N)nc(N2CCCC2)n1. The van der Waals surface area contributed by atoms with Crippen LogP contribution in [-0.4, -0.2) is 48.3 Å². The lowest BCUT2D eigenvalue weighted by Crippen LogP contribution is -2.22. The van der Waals surface area contributed by atoms with Crippen molar-refractivity contribution in [1.29, 1.82) is 0 Å². The summed E-state index contributed by atoms with van der Waals surface area (Å²) in [6.45, 7) is 3.46. The fraction of sp³-hybridized carbons (Fsp3) is 0.727. The Morgan fingerprint density at radius 2 is 2.06 bits per heavy atom. The molecule has 1 aromatic rings. The summed E-state index contributed by atoms with van der Waals surface area (Å²) in [5, 5.41) is 3.14. The van der Waals surface area contributed by atoms with Crippen LogP contribution in [0.3, 0.4) is 0 Å². The monoisotopic (exact) mass is 252 g/mol. The van der Waals surface area contributed by atoms with E-state index < -0.39 is 0 Å². The Hall–Kier alpha value is -1.63. The highest BCUT2D eigenvalue weighted by Gasteiger charge is 2.16. The van der Waals surface area contributed by atoms with Gasteiger partial charge in [-0.25, -0.2) is 0 Å². The van der Waals surface area contributed by atoms with Gasteiger partial charge in [-0.3, -0.25) is 0 Å². The number of nitrogen functional groups attached to an aromatic ring is 1. The maximum Gasteiger partial charge on any atom is 0.231 e. The van der Waals surface area contributed by atoms with Crippen molar-refractivity contribution in [2.24, 2.45) is 0 Å². The molecule has 0 aliphatic carbocycles. The normalized spacial score (nSPS) is 15.1. The van der Waals surface area contributed by atoms with Crippen molar-refractivity contribution < 1.29 is 4.74 Å². The summed E-state index contributed by atoms with van der Waals surface area (Å²) in [5.41, 5.74) is 5.70. The summed E-state index contributed by atoms with van der Waals surface area (Å²) in [6.07, 6.45) is 3.27. The third kappa shape index (κ3) is 3.43. The average Bonchev–Trinajstić information content (AvgIpc) is 2.88. The first-order valence-electron chi connectivity index (χ1n) is 6.29. The van der Waals surface area contributed by atoms with E-state index in [2.05, 4.69) is 25.2 Å². The third-order valence-electron chi connectivity index (χ3n) is 2.84. The molecule has 7 nitrogen and oxygen atoms in total. The summed E-state index contributed by atoms with van der Waals surface area (Å²) in [6, 6.07) is 0. The van der Waals surface area contributed by atoms with E-state index in [-0.39, 0.29) is 5.95 Å². The molecule has 0 atom stereocenters. The van der Waals surface area contributed by atoms with E-state index in [4.69, 9.17) is 10.5 Å². The number of methoxy groups -OCH3 is 1. The molecule has 0 amide bonds. The minimum Gasteiger partial charge on any atom is -0.385 e. The number of nitrogens with zero attached hydrogens (tertiary/aromatic N) is 4. The van der Waals surface area contributed by atoms with Crippen LogP contribution in [-0.2, 0) is 4.74 Å². The van der Waals surface area contributed by atoms with Gasteiger partial charge < -0.3 is 20.7 Å². The Labute approximate surface area is 107 Å². The van der Waals surface area contributed by atoms with E-state index >= 15 is 0 Å². The van der Waals surface area contributed by atoms with Crippen molar-refractivity contribution in [3.8, 4) is 0 Å². The van der Waals surface area contributed by atoms with Gasteiger partial charge in [-0.15, -0.1) is 0 Å². The number of nitrogens with two attached hydrogens (primary N) is 1. The second kappa shape index (κ2) is 6.34. The molecule has 100 valence electrons. The van der Waals surface area contributed by atoms with Crippen LogP contribution in [0.5, 0.6) is 0 Å². The zero-order valence-corrected chi connectivity index (χ0v) is 10.7. The highest BCUT2D eigenvalue weighted by atomic mass is 16.5. The summed E-state index contributed by atoms with van der Waals surface area (Å²) in [7, 11) is 1.69. The fourth-order valence-electron chi connectivity index (χ4n) is 1.93. The van der Waals surface area contributed by atoms with Crippen LogP contribution in [0.1, 0.15) is 19.3 Å². The van der Waals surface area contributed by atoms with Gasteiger partial charge in [-0.05, 0) is 19.3 Å². The number of hydrogen-bond donors (Lipinski definition) is 2. The molecule has 2 rings (SSSR count). The lowest BCUT2D eigenvalue weighted by Gasteiger charge is -2.15. The molecule has 7 heteroatoms. The van der Waals surface area contributed by atoms with E-state index in [0.717, 1.165) is 26.1 Å². The van der Waals surface area contributed by atoms with Gasteiger partial charge in [-0.2, -0.15) is 15.0 Å². The Balaban J connectivity index is 1.97. The van der Waals surface area contributed by atoms with Gasteiger partial charge in [0.05, 0.1) is 0 Å². The molecule has 1 fully saturated rings. The first-order valence-corrected chi connectivity index (χ1v) is 6.29. The molecule has 0 radical (unpaired) electrons. The van der Waals surface area contributed by atoms with Gasteiger partial charge in [0.25, 0.3) is 0 Å². The highest BCUT2D eigenvalue weighted by molar-refractivity contribution is 5.42. The van der Waals surface area contributed by atoms with Crippen molar-refractivity contribution in [1.82, 2.24) is 15.0 Å². The summed E-state index contributed by atoms with van der Waals surface area (Å²) < 4.78 is 4.98. The van der Waals surface area contributed by atoms with E-state index in [9.17, 15) is 0 Å². The van der Waals surface area contributed by atoms with Crippen LogP contribution in [0.2, 0.25) is 0 Å². The maximum atomic E-state index is 5.70. The number of nitrogens with one attached hydrogen (secondary N) is 1. The smallest absolute Gasteiger partial charge is 0.231 e. The Bertz CT molecular complexity index is 380. The molecule has 1 aromatic heterocycles. The molecule has 0 bridgehead atoms. The maximum absolute atomic E-state index is 5.70. The summed E-state index contributed by atoms with van der Waals surface area (Å²) >= 11 is 0. The van der Waals surface area contributed by atoms with Crippen LogP contribution in [0, 0.1) is 0 Å². The Morgan fingerprint density at radius 1 is 1.28 bits per heavy atom. The van der Waals surface area contributed by atoms with E-state index in [0.29, 0.717) is 18.5 Å². The molecule has 1 saturated heterocycles. The first kappa shape index (κ1) is 12.8. The standard InChI is InChI=1S/C11H20N6O/c1-18-8-4-5-13-10-14-9(12)15-11(16-10)17-6-2-3-7-17/h2-8H2,1H3,(H3,12,13,14,15,16). The van der Waals surface area contributed by atoms with Crippen LogP contribution in [0.25, 0.3) is 0 Å². The fourth-order valence-corrected chi connectivity index (χ4v) is 1.93. The molecule has 0 saturated carbocycles. The molecular formula is C11H20N6O. The van der Waals surface area contributed by atoms with Crippen molar-refractivity contribution in [3.05, 3.63) is 0 Å². The van der Waals surface area contributed by atoms with E-state index in [1.54, 1.807) is 7.11 Å². The molecule has 1 aliphatic heterocycles. The predicted molar refractivity (Wildman–Crippen MR) is 70.7 cm³/mol. The van der Waals surface area contributed by atoms with Crippen LogP contribution >= 0.6 is 0 Å². The minimum atomic E-state index is 0.265. The Morgan fingerprint density at radius 3 is 2.78 bits per heavy atom. The second-order valence-corrected chi connectivity index (χ2v) is 4.28. The molecule has 0 spiro atoms. The van der Waals surface area contributed by atoms with Crippen LogP contribution < -0.4 is 16.0 Å². The number of hydrogen-bond acceptors (Lipinski definition) is 7. The minimum absolute atomic E-state index is 0.265. The molecule has 1 aliphatic rings. The highest BCUT2D eigenvalue weighted by Crippen LogP contribution is 2.17. The van der Waals surface area contributed by atoms with Crippen molar-refractivity contribution in [2.75, 3.05) is 49.3 Å². The van der Waals surface area contributed by atoms with Crippen LogP contribution in [0.4, 0.5) is 17.8 Å². The average molecular weight is 252 g/mol. The van der Waals surface area contributed by atoms with Gasteiger partial charge in [0.15, 0.2) is 0 Å². The summed E-state index contributed by atoms with van der Waals surface area (Å²) in [4.78, 5) is 14.8. The topological polar surface area (TPSA) is 89.2 Å². The van der Waals surface area contributed by atoms with Crippen molar-refractivity contribution in [3.63, 3.8) is 0 Å². The summed E-state index contributed by atoms with van der Waals surface area (Å²) in [5.74, 6) is 1.48. The molecule has 0 aromatic carbocycles. The molecule has 18 heavy (non-hydrogen) atoms. The zero-order valence-electron chi connectivity index (χ0n) is 10.7. The lowest BCUT2D eigenvalue weighted by atomic mass is 10.4. The Kier molecular flexibility index (Phi) is 4.52. The van der Waals surface area contributed by atoms with Crippen LogP contribution in [0.15, 0.2) is 0 Å². The van der Waals surface area contributed by atoms with Gasteiger partial charge in [-0.1, -0.05) is 0 Å². The zero-order chi connectivity index (χ0) is 12.8. The van der Waals surface area contributed by atoms with Crippen molar-refractivity contribution in [2.45, 2.75) is 19.3 Å².